The number of hydrogen-bond acceptors (Lipinski definition) is 4. The molecule has 0 aliphatic carbocycles. The number of benzene rings is 1. The quantitative estimate of drug-likeness (QED) is 0.758. The lowest BCUT2D eigenvalue weighted by atomic mass is 10.3. The van der Waals surface area contributed by atoms with Gasteiger partial charge in [0.1, 0.15) is 0 Å². The predicted octanol–water partition coefficient (Wildman–Crippen LogP) is 0.314. The van der Waals surface area contributed by atoms with E-state index < -0.39 is 20.8 Å². The summed E-state index contributed by atoms with van der Waals surface area (Å²) < 4.78 is 37.2. The van der Waals surface area contributed by atoms with Crippen molar-refractivity contribution in [1.29, 1.82) is 0 Å². The van der Waals surface area contributed by atoms with Crippen LogP contribution in [-0.4, -0.2) is 30.7 Å². The van der Waals surface area contributed by atoms with Crippen molar-refractivity contribution in [1.82, 2.24) is 4.72 Å². The Labute approximate surface area is 104 Å². The Morgan fingerprint density at radius 1 is 1.47 bits per heavy atom. The van der Waals surface area contributed by atoms with E-state index in [9.17, 15) is 12.6 Å². The fourth-order valence-corrected chi connectivity index (χ4v) is 2.72. The third-order valence-electron chi connectivity index (χ3n) is 2.30. The average Bonchev–Trinajstić information content (AvgIpc) is 2.26. The first kappa shape index (κ1) is 14.1. The maximum atomic E-state index is 11.8. The van der Waals surface area contributed by atoms with Crippen LogP contribution in [0.5, 0.6) is 0 Å². The molecule has 0 bridgehead atoms. The van der Waals surface area contributed by atoms with Gasteiger partial charge in [0.25, 0.3) is 0 Å². The van der Waals surface area contributed by atoms with Gasteiger partial charge < -0.3 is 5.73 Å². The van der Waals surface area contributed by atoms with Gasteiger partial charge in [0.2, 0.25) is 10.0 Å². The molecule has 0 aliphatic rings. The highest BCUT2D eigenvalue weighted by Gasteiger charge is 2.16. The molecule has 17 heavy (non-hydrogen) atoms. The van der Waals surface area contributed by atoms with Gasteiger partial charge in [-0.15, -0.1) is 0 Å². The van der Waals surface area contributed by atoms with Crippen molar-refractivity contribution in [2.24, 2.45) is 0 Å². The number of sulfonamides is 1. The van der Waals surface area contributed by atoms with E-state index in [0.29, 0.717) is 5.69 Å². The van der Waals surface area contributed by atoms with Gasteiger partial charge in [0.15, 0.2) is 0 Å². The monoisotopic (exact) mass is 276 g/mol. The van der Waals surface area contributed by atoms with Crippen LogP contribution in [0.3, 0.4) is 0 Å². The van der Waals surface area contributed by atoms with Crippen LogP contribution in [0.25, 0.3) is 0 Å². The van der Waals surface area contributed by atoms with Gasteiger partial charge in [-0.3, -0.25) is 4.21 Å². The zero-order valence-electron chi connectivity index (χ0n) is 9.71. The predicted molar refractivity (Wildman–Crippen MR) is 69.6 cm³/mol. The molecule has 3 N–H and O–H groups in total. The zero-order valence-corrected chi connectivity index (χ0v) is 11.3. The molecular formula is C10H16N2O3S2. The summed E-state index contributed by atoms with van der Waals surface area (Å²) in [6.45, 7) is 1.86. The van der Waals surface area contributed by atoms with E-state index in [4.69, 9.17) is 5.73 Å². The molecule has 1 aromatic carbocycles. The summed E-state index contributed by atoms with van der Waals surface area (Å²) in [5, 5.41) is -0.231. The van der Waals surface area contributed by atoms with Crippen molar-refractivity contribution in [2.45, 2.75) is 17.1 Å². The van der Waals surface area contributed by atoms with Crippen molar-refractivity contribution in [3.8, 4) is 0 Å². The molecular weight excluding hydrogens is 260 g/mol. The number of rotatable bonds is 5. The Hall–Kier alpha value is -0.920. The highest BCUT2D eigenvalue weighted by Crippen LogP contribution is 2.12. The van der Waals surface area contributed by atoms with Crippen LogP contribution in [0.15, 0.2) is 29.2 Å². The van der Waals surface area contributed by atoms with E-state index in [1.54, 1.807) is 25.3 Å². The molecule has 1 rings (SSSR count). The SMILES string of the molecule is CC(CNS(=O)(=O)c1cccc(N)c1)S(C)=O. The lowest BCUT2D eigenvalue weighted by Gasteiger charge is -2.10. The lowest BCUT2D eigenvalue weighted by molar-refractivity contribution is 0.580. The van der Waals surface area contributed by atoms with Crippen molar-refractivity contribution < 1.29 is 12.6 Å². The Kier molecular flexibility index (Phi) is 4.67. The topological polar surface area (TPSA) is 89.3 Å². The summed E-state index contributed by atoms with van der Waals surface area (Å²) in [6.07, 6.45) is 1.54. The normalized spacial score (nSPS) is 15.4. The summed E-state index contributed by atoms with van der Waals surface area (Å²) in [5.41, 5.74) is 5.91. The Morgan fingerprint density at radius 3 is 2.65 bits per heavy atom. The first-order valence-corrected chi connectivity index (χ1v) is 8.11. The van der Waals surface area contributed by atoms with Gasteiger partial charge in [-0.25, -0.2) is 13.1 Å². The summed E-state index contributed by atoms with van der Waals surface area (Å²) in [7, 11) is -4.63. The van der Waals surface area contributed by atoms with Crippen LogP contribution in [0, 0.1) is 0 Å². The molecule has 7 heteroatoms. The second-order valence-corrected chi connectivity index (χ2v) is 7.30. The first-order chi connectivity index (χ1) is 7.83. The summed E-state index contributed by atoms with van der Waals surface area (Å²) in [5.74, 6) is 0. The summed E-state index contributed by atoms with van der Waals surface area (Å²) in [4.78, 5) is 0.117. The first-order valence-electron chi connectivity index (χ1n) is 5.00. The van der Waals surface area contributed by atoms with Crippen LogP contribution in [0.2, 0.25) is 0 Å². The van der Waals surface area contributed by atoms with Crippen molar-refractivity contribution in [3.63, 3.8) is 0 Å². The second-order valence-electron chi connectivity index (χ2n) is 3.73. The van der Waals surface area contributed by atoms with Crippen molar-refractivity contribution >= 4 is 26.5 Å². The molecule has 0 amide bonds. The number of nitrogens with two attached hydrogens (primary N) is 1. The number of nitrogens with one attached hydrogen (secondary N) is 1. The van der Waals surface area contributed by atoms with E-state index in [1.165, 1.54) is 12.1 Å². The fraction of sp³-hybridized carbons (Fsp3) is 0.400. The minimum atomic E-state index is -3.58. The molecule has 0 heterocycles. The number of nitrogen functional groups attached to an aromatic ring is 1. The smallest absolute Gasteiger partial charge is 0.240 e. The number of hydrogen-bond donors (Lipinski definition) is 2. The van der Waals surface area contributed by atoms with Crippen LogP contribution >= 0.6 is 0 Å². The molecule has 0 spiro atoms. The van der Waals surface area contributed by atoms with E-state index in [-0.39, 0.29) is 16.7 Å². The highest BCUT2D eigenvalue weighted by atomic mass is 32.2. The fourth-order valence-electron chi connectivity index (χ4n) is 1.11. The van der Waals surface area contributed by atoms with Crippen molar-refractivity contribution in [3.05, 3.63) is 24.3 Å². The minimum Gasteiger partial charge on any atom is -0.399 e. The van der Waals surface area contributed by atoms with E-state index in [2.05, 4.69) is 4.72 Å². The Balaban J connectivity index is 2.79. The summed E-state index contributed by atoms with van der Waals surface area (Å²) in [6, 6.07) is 6.04. The van der Waals surface area contributed by atoms with E-state index in [1.807, 2.05) is 0 Å². The molecule has 0 fully saturated rings. The highest BCUT2D eigenvalue weighted by molar-refractivity contribution is 7.89. The van der Waals surface area contributed by atoms with Gasteiger partial charge in [-0.05, 0) is 25.1 Å². The molecule has 5 nitrogen and oxygen atoms in total. The van der Waals surface area contributed by atoms with Gasteiger partial charge in [-0.1, -0.05) is 6.07 Å². The van der Waals surface area contributed by atoms with Gasteiger partial charge in [-0.2, -0.15) is 0 Å². The molecule has 0 aromatic heterocycles. The van der Waals surface area contributed by atoms with E-state index in [0.717, 1.165) is 0 Å². The lowest BCUT2D eigenvalue weighted by Crippen LogP contribution is -2.32. The third kappa shape index (κ3) is 4.10. The molecule has 96 valence electrons. The Bertz CT molecular complexity index is 514. The molecule has 0 saturated heterocycles. The largest absolute Gasteiger partial charge is 0.399 e. The minimum absolute atomic E-state index is 0.117. The van der Waals surface area contributed by atoms with Crippen LogP contribution in [0.1, 0.15) is 6.92 Å². The van der Waals surface area contributed by atoms with E-state index >= 15 is 0 Å². The zero-order chi connectivity index (χ0) is 13.1. The molecule has 2 unspecified atom stereocenters. The Morgan fingerprint density at radius 2 is 2.12 bits per heavy atom. The third-order valence-corrected chi connectivity index (χ3v) is 5.02. The molecule has 2 atom stereocenters. The second kappa shape index (κ2) is 5.61. The van der Waals surface area contributed by atoms with Gasteiger partial charge in [0.05, 0.1) is 4.90 Å². The molecule has 0 radical (unpaired) electrons. The molecule has 0 saturated carbocycles. The maximum absolute atomic E-state index is 11.8. The molecule has 0 aliphatic heterocycles. The van der Waals surface area contributed by atoms with Crippen molar-refractivity contribution in [2.75, 3.05) is 18.5 Å². The maximum Gasteiger partial charge on any atom is 0.240 e. The number of anilines is 1. The van der Waals surface area contributed by atoms with Crippen LogP contribution < -0.4 is 10.5 Å². The van der Waals surface area contributed by atoms with Crippen LogP contribution in [0.4, 0.5) is 5.69 Å². The standard InChI is InChI=1S/C10H16N2O3S2/c1-8(16(2)13)7-12-17(14,15)10-5-3-4-9(11)6-10/h3-6,8,12H,7,11H2,1-2H3. The van der Waals surface area contributed by atoms with Gasteiger partial charge in [0, 0.05) is 34.5 Å². The van der Waals surface area contributed by atoms with Crippen LogP contribution in [-0.2, 0) is 20.8 Å². The average molecular weight is 276 g/mol. The van der Waals surface area contributed by atoms with Gasteiger partial charge >= 0.3 is 0 Å². The molecule has 1 aromatic rings. The summed E-state index contributed by atoms with van der Waals surface area (Å²) >= 11 is 0.